The van der Waals surface area contributed by atoms with Crippen LogP contribution >= 0.6 is 11.6 Å². The van der Waals surface area contributed by atoms with Crippen LogP contribution in [-0.4, -0.2) is 25.8 Å². The second-order valence-electron chi connectivity index (χ2n) is 4.40. The van der Waals surface area contributed by atoms with Crippen LogP contribution in [-0.2, 0) is 4.74 Å². The van der Waals surface area contributed by atoms with Crippen molar-refractivity contribution in [2.24, 2.45) is 0 Å². The zero-order valence-electron chi connectivity index (χ0n) is 12.3. The number of benzene rings is 2. The predicted molar refractivity (Wildman–Crippen MR) is 84.8 cm³/mol. The van der Waals surface area contributed by atoms with E-state index < -0.39 is 0 Å². The van der Waals surface area contributed by atoms with Crippen molar-refractivity contribution in [3.05, 3.63) is 59.1 Å². The molecule has 4 nitrogen and oxygen atoms in total. The molecule has 116 valence electrons. The van der Waals surface area contributed by atoms with Gasteiger partial charge in [0.05, 0.1) is 12.2 Å². The second-order valence-corrected chi connectivity index (χ2v) is 4.84. The Morgan fingerprint density at radius 3 is 2.36 bits per heavy atom. The maximum absolute atomic E-state index is 11.6. The van der Waals surface area contributed by atoms with E-state index in [2.05, 4.69) is 0 Å². The van der Waals surface area contributed by atoms with Gasteiger partial charge in [0.2, 0.25) is 0 Å². The smallest absolute Gasteiger partial charge is 0.338 e. The van der Waals surface area contributed by atoms with Crippen molar-refractivity contribution in [2.45, 2.75) is 6.92 Å². The van der Waals surface area contributed by atoms with Crippen LogP contribution in [0.25, 0.3) is 0 Å². The summed E-state index contributed by atoms with van der Waals surface area (Å²) < 4.78 is 16.0. The fourth-order valence-electron chi connectivity index (χ4n) is 1.78. The van der Waals surface area contributed by atoms with Crippen molar-refractivity contribution in [1.82, 2.24) is 0 Å². The topological polar surface area (TPSA) is 44.8 Å². The van der Waals surface area contributed by atoms with Gasteiger partial charge in [0.1, 0.15) is 24.7 Å². The summed E-state index contributed by atoms with van der Waals surface area (Å²) in [5, 5.41) is 0.666. The Labute approximate surface area is 134 Å². The number of hydrogen-bond donors (Lipinski definition) is 0. The Morgan fingerprint density at radius 1 is 1.00 bits per heavy atom. The molecular formula is C17H17ClO4. The van der Waals surface area contributed by atoms with Crippen LogP contribution in [0.15, 0.2) is 48.5 Å². The molecule has 22 heavy (non-hydrogen) atoms. The first-order chi connectivity index (χ1) is 10.7. The number of esters is 1. The molecule has 0 amide bonds. The second kappa shape index (κ2) is 8.29. The van der Waals surface area contributed by atoms with Crippen molar-refractivity contribution in [2.75, 3.05) is 19.8 Å². The van der Waals surface area contributed by atoms with Gasteiger partial charge in [-0.1, -0.05) is 17.7 Å². The highest BCUT2D eigenvalue weighted by atomic mass is 35.5. The maximum Gasteiger partial charge on any atom is 0.338 e. The molecule has 2 rings (SSSR count). The molecule has 5 heteroatoms. The van der Waals surface area contributed by atoms with E-state index in [1.165, 1.54) is 0 Å². The monoisotopic (exact) mass is 320 g/mol. The molecule has 0 saturated carbocycles. The van der Waals surface area contributed by atoms with E-state index >= 15 is 0 Å². The van der Waals surface area contributed by atoms with E-state index in [0.29, 0.717) is 36.2 Å². The van der Waals surface area contributed by atoms with Crippen molar-refractivity contribution >= 4 is 17.6 Å². The van der Waals surface area contributed by atoms with Crippen LogP contribution in [0, 0.1) is 0 Å². The molecule has 2 aromatic carbocycles. The van der Waals surface area contributed by atoms with Crippen LogP contribution < -0.4 is 9.47 Å². The summed E-state index contributed by atoms with van der Waals surface area (Å²) in [4.78, 5) is 11.6. The Hall–Kier alpha value is -2.20. The van der Waals surface area contributed by atoms with Gasteiger partial charge in [-0.2, -0.15) is 0 Å². The molecule has 2 aromatic rings. The van der Waals surface area contributed by atoms with Crippen molar-refractivity contribution in [3.63, 3.8) is 0 Å². The molecule has 0 aliphatic heterocycles. The third-order valence-electron chi connectivity index (χ3n) is 2.78. The summed E-state index contributed by atoms with van der Waals surface area (Å²) in [5.74, 6) is 0.976. The number of ether oxygens (including phenoxy) is 3. The van der Waals surface area contributed by atoms with Crippen molar-refractivity contribution in [1.29, 1.82) is 0 Å². The van der Waals surface area contributed by atoms with Crippen molar-refractivity contribution < 1.29 is 19.0 Å². The summed E-state index contributed by atoms with van der Waals surface area (Å²) in [7, 11) is 0. The largest absolute Gasteiger partial charge is 0.490 e. The Balaban J connectivity index is 1.80. The highest BCUT2D eigenvalue weighted by molar-refractivity contribution is 6.30. The fraction of sp³-hybridized carbons (Fsp3) is 0.235. The molecule has 0 atom stereocenters. The lowest BCUT2D eigenvalue weighted by atomic mass is 10.2. The van der Waals surface area contributed by atoms with Gasteiger partial charge >= 0.3 is 5.97 Å². The molecule has 0 aromatic heterocycles. The molecular weight excluding hydrogens is 304 g/mol. The molecule has 0 heterocycles. The number of rotatable bonds is 7. The van der Waals surface area contributed by atoms with Gasteiger partial charge in [0.25, 0.3) is 0 Å². The molecule has 0 unspecified atom stereocenters. The highest BCUT2D eigenvalue weighted by Crippen LogP contribution is 2.16. The van der Waals surface area contributed by atoms with Crippen LogP contribution in [0.1, 0.15) is 17.3 Å². The number of hydrogen-bond acceptors (Lipinski definition) is 4. The lowest BCUT2D eigenvalue weighted by Crippen LogP contribution is -2.10. The molecule has 0 aliphatic rings. The van der Waals surface area contributed by atoms with E-state index in [4.69, 9.17) is 25.8 Å². The van der Waals surface area contributed by atoms with Gasteiger partial charge < -0.3 is 14.2 Å². The first kappa shape index (κ1) is 16.2. The van der Waals surface area contributed by atoms with E-state index in [0.717, 1.165) is 5.75 Å². The van der Waals surface area contributed by atoms with Gasteiger partial charge in [-0.05, 0) is 49.4 Å². The van der Waals surface area contributed by atoms with E-state index in [9.17, 15) is 4.79 Å². The number of halogens is 1. The molecule has 0 N–H and O–H groups in total. The lowest BCUT2D eigenvalue weighted by Gasteiger charge is -2.09. The molecule has 0 bridgehead atoms. The van der Waals surface area contributed by atoms with Crippen LogP contribution in [0.4, 0.5) is 0 Å². The average molecular weight is 321 g/mol. The predicted octanol–water partition coefficient (Wildman–Crippen LogP) is 3.97. The minimum absolute atomic E-state index is 0.346. The summed E-state index contributed by atoms with van der Waals surface area (Å²) in [6, 6.07) is 14.0. The third kappa shape index (κ3) is 4.97. The fourth-order valence-corrected chi connectivity index (χ4v) is 1.90. The minimum Gasteiger partial charge on any atom is -0.490 e. The number of carbonyl (C=O) groups is 1. The van der Waals surface area contributed by atoms with E-state index in [-0.39, 0.29) is 5.97 Å². The Morgan fingerprint density at radius 2 is 1.68 bits per heavy atom. The van der Waals surface area contributed by atoms with Crippen molar-refractivity contribution in [3.8, 4) is 11.5 Å². The summed E-state index contributed by atoms with van der Waals surface area (Å²) in [6.45, 7) is 2.88. The average Bonchev–Trinajstić information content (AvgIpc) is 2.54. The first-order valence-corrected chi connectivity index (χ1v) is 7.35. The van der Waals surface area contributed by atoms with E-state index in [1.54, 1.807) is 55.5 Å². The Bertz CT molecular complexity index is 610. The maximum atomic E-state index is 11.6. The zero-order valence-corrected chi connectivity index (χ0v) is 13.0. The lowest BCUT2D eigenvalue weighted by molar-refractivity contribution is 0.0526. The Kier molecular flexibility index (Phi) is 6.10. The third-order valence-corrected chi connectivity index (χ3v) is 3.03. The SMILES string of the molecule is CCOC(=O)c1cccc(OCCOc2ccc(Cl)cc2)c1. The van der Waals surface area contributed by atoms with E-state index in [1.807, 2.05) is 0 Å². The molecule has 0 radical (unpaired) electrons. The highest BCUT2D eigenvalue weighted by Gasteiger charge is 2.07. The van der Waals surface area contributed by atoms with Gasteiger partial charge in [-0.15, -0.1) is 0 Å². The molecule has 0 fully saturated rings. The normalized spacial score (nSPS) is 10.1. The zero-order chi connectivity index (χ0) is 15.8. The number of carbonyl (C=O) groups excluding carboxylic acids is 1. The molecule has 0 saturated heterocycles. The van der Waals surface area contributed by atoms with Gasteiger partial charge in [-0.25, -0.2) is 4.79 Å². The van der Waals surface area contributed by atoms with Crippen LogP contribution in [0.2, 0.25) is 5.02 Å². The summed E-state index contributed by atoms with van der Waals surface area (Å²) in [6.07, 6.45) is 0. The minimum atomic E-state index is -0.356. The first-order valence-electron chi connectivity index (χ1n) is 6.97. The molecule has 0 spiro atoms. The summed E-state index contributed by atoms with van der Waals surface area (Å²) >= 11 is 5.80. The van der Waals surface area contributed by atoms with Gasteiger partial charge in [0.15, 0.2) is 0 Å². The summed E-state index contributed by atoms with van der Waals surface area (Å²) in [5.41, 5.74) is 0.470. The quantitative estimate of drug-likeness (QED) is 0.572. The van der Waals surface area contributed by atoms with Gasteiger partial charge in [0, 0.05) is 5.02 Å². The molecule has 0 aliphatic carbocycles. The van der Waals surface area contributed by atoms with Crippen LogP contribution in [0.3, 0.4) is 0 Å². The van der Waals surface area contributed by atoms with Gasteiger partial charge in [-0.3, -0.25) is 0 Å². The standard InChI is InChI=1S/C17H17ClO4/c1-2-20-17(19)13-4-3-5-16(12-13)22-11-10-21-15-8-6-14(18)7-9-15/h3-9,12H,2,10-11H2,1H3. The van der Waals surface area contributed by atoms with Crippen LogP contribution in [0.5, 0.6) is 11.5 Å².